The van der Waals surface area contributed by atoms with Gasteiger partial charge in [-0.1, -0.05) is 30.3 Å². The fourth-order valence-corrected chi connectivity index (χ4v) is 5.03. The number of hydrogen-bond donors (Lipinski definition) is 2. The maximum absolute atomic E-state index is 12.7. The molecule has 0 saturated carbocycles. The van der Waals surface area contributed by atoms with Gasteiger partial charge < -0.3 is 15.0 Å². The Morgan fingerprint density at radius 3 is 2.76 bits per heavy atom. The maximum Gasteiger partial charge on any atom is 0.256 e. The first-order valence-corrected chi connectivity index (χ1v) is 11.5. The summed E-state index contributed by atoms with van der Waals surface area (Å²) in [7, 11) is 0. The number of thiophene rings is 1. The Bertz CT molecular complexity index is 1460. The lowest BCUT2D eigenvalue weighted by molar-refractivity contribution is 0.102. The first-order valence-electron chi connectivity index (χ1n) is 10.7. The molecule has 4 heterocycles. The molecule has 33 heavy (non-hydrogen) atoms. The molecule has 1 amide bonds. The van der Waals surface area contributed by atoms with E-state index in [1.807, 2.05) is 42.5 Å². The number of nitrogens with one attached hydrogen (secondary N) is 2. The first-order chi connectivity index (χ1) is 16.3. The number of fused-ring (bicyclic) bond motifs is 2. The van der Waals surface area contributed by atoms with Gasteiger partial charge in [0.1, 0.15) is 0 Å². The number of anilines is 2. The van der Waals surface area contributed by atoms with E-state index < -0.39 is 0 Å². The molecule has 2 aromatic carbocycles. The molecule has 5 aromatic rings. The third-order valence-electron chi connectivity index (χ3n) is 5.66. The average molecular weight is 457 g/mol. The van der Waals surface area contributed by atoms with E-state index in [0.717, 1.165) is 50.6 Å². The zero-order valence-corrected chi connectivity index (χ0v) is 18.4. The monoisotopic (exact) mass is 456 g/mol. The number of nitrogens with zero attached hydrogens (tertiary/aromatic N) is 4. The third kappa shape index (κ3) is 3.71. The van der Waals surface area contributed by atoms with Gasteiger partial charge >= 0.3 is 0 Å². The second-order valence-corrected chi connectivity index (χ2v) is 8.80. The van der Waals surface area contributed by atoms with Crippen LogP contribution in [-0.2, 0) is 4.74 Å². The van der Waals surface area contributed by atoms with Crippen LogP contribution in [0.15, 0.2) is 60.8 Å². The molecule has 0 unspecified atom stereocenters. The standard InChI is InChI=1S/C24H20N6O2S/c31-24(15-5-2-1-3-6-15)27-20-13-19-21(33-20)23(30-9-11-32-12-10-30)28-22(26-19)16-7-4-8-18-17(16)14-25-29-18/h1-8,13-14H,9-12H2,(H,25,29)(H,27,31). The second-order valence-electron chi connectivity index (χ2n) is 7.75. The van der Waals surface area contributed by atoms with Crippen molar-refractivity contribution in [2.75, 3.05) is 36.5 Å². The molecular formula is C24H20N6O2S. The zero-order chi connectivity index (χ0) is 22.2. The Morgan fingerprint density at radius 1 is 1.06 bits per heavy atom. The lowest BCUT2D eigenvalue weighted by Crippen LogP contribution is -2.36. The molecule has 1 aliphatic heterocycles. The van der Waals surface area contributed by atoms with E-state index >= 15 is 0 Å². The Labute approximate surface area is 193 Å². The molecule has 2 N–H and O–H groups in total. The van der Waals surface area contributed by atoms with Crippen LogP contribution in [0.3, 0.4) is 0 Å². The number of benzene rings is 2. The number of hydrogen-bond acceptors (Lipinski definition) is 7. The number of amides is 1. The Kier molecular flexibility index (Phi) is 4.97. The smallest absolute Gasteiger partial charge is 0.256 e. The van der Waals surface area contributed by atoms with Crippen molar-refractivity contribution in [3.05, 3.63) is 66.4 Å². The summed E-state index contributed by atoms with van der Waals surface area (Å²) >= 11 is 1.49. The highest BCUT2D eigenvalue weighted by molar-refractivity contribution is 7.23. The number of rotatable bonds is 4. The number of morpholine rings is 1. The van der Waals surface area contributed by atoms with Crippen molar-refractivity contribution in [2.24, 2.45) is 0 Å². The van der Waals surface area contributed by atoms with Gasteiger partial charge in [-0.05, 0) is 24.3 Å². The summed E-state index contributed by atoms with van der Waals surface area (Å²) in [6, 6.07) is 17.1. The predicted molar refractivity (Wildman–Crippen MR) is 130 cm³/mol. The van der Waals surface area contributed by atoms with Crippen LogP contribution < -0.4 is 10.2 Å². The van der Waals surface area contributed by atoms with Crippen molar-refractivity contribution >= 4 is 49.2 Å². The number of H-pyrrole nitrogens is 1. The number of carbonyl (C=O) groups is 1. The van der Waals surface area contributed by atoms with E-state index in [4.69, 9.17) is 14.7 Å². The molecule has 0 aliphatic carbocycles. The predicted octanol–water partition coefficient (Wildman–Crippen LogP) is 4.32. The molecule has 0 atom stereocenters. The van der Waals surface area contributed by atoms with Crippen LogP contribution in [0.25, 0.3) is 32.5 Å². The summed E-state index contributed by atoms with van der Waals surface area (Å²) < 4.78 is 6.50. The Balaban J connectivity index is 1.46. The number of aromatic amines is 1. The molecular weight excluding hydrogens is 436 g/mol. The van der Waals surface area contributed by atoms with Crippen LogP contribution in [0.1, 0.15) is 10.4 Å². The molecule has 8 nitrogen and oxygen atoms in total. The van der Waals surface area contributed by atoms with Crippen LogP contribution >= 0.6 is 11.3 Å². The summed E-state index contributed by atoms with van der Waals surface area (Å²) in [5.74, 6) is 1.35. The van der Waals surface area contributed by atoms with E-state index in [1.54, 1.807) is 18.3 Å². The Morgan fingerprint density at radius 2 is 1.91 bits per heavy atom. The van der Waals surface area contributed by atoms with Gasteiger partial charge in [0.05, 0.1) is 40.1 Å². The lowest BCUT2D eigenvalue weighted by atomic mass is 10.1. The van der Waals surface area contributed by atoms with E-state index in [-0.39, 0.29) is 5.91 Å². The van der Waals surface area contributed by atoms with Gasteiger partial charge in [-0.25, -0.2) is 9.97 Å². The fraction of sp³-hybridized carbons (Fsp3) is 0.167. The maximum atomic E-state index is 12.7. The van der Waals surface area contributed by atoms with E-state index in [1.165, 1.54) is 11.3 Å². The second kappa shape index (κ2) is 8.27. The quantitative estimate of drug-likeness (QED) is 0.418. The van der Waals surface area contributed by atoms with Crippen LogP contribution in [0.5, 0.6) is 0 Å². The van der Waals surface area contributed by atoms with Crippen molar-refractivity contribution in [3.63, 3.8) is 0 Å². The van der Waals surface area contributed by atoms with Gasteiger partial charge in [0.2, 0.25) is 0 Å². The van der Waals surface area contributed by atoms with Gasteiger partial charge in [0.15, 0.2) is 11.6 Å². The minimum absolute atomic E-state index is 0.147. The van der Waals surface area contributed by atoms with Gasteiger partial charge in [0.25, 0.3) is 5.91 Å². The van der Waals surface area contributed by atoms with Crippen molar-refractivity contribution in [3.8, 4) is 11.4 Å². The topological polar surface area (TPSA) is 96.0 Å². The van der Waals surface area contributed by atoms with Crippen LogP contribution in [0.4, 0.5) is 10.8 Å². The minimum Gasteiger partial charge on any atom is -0.378 e. The molecule has 164 valence electrons. The van der Waals surface area contributed by atoms with Crippen LogP contribution in [0.2, 0.25) is 0 Å². The molecule has 1 aliphatic rings. The Hall–Kier alpha value is -3.82. The van der Waals surface area contributed by atoms with E-state index in [9.17, 15) is 4.79 Å². The molecule has 1 saturated heterocycles. The highest BCUT2D eigenvalue weighted by Gasteiger charge is 2.21. The third-order valence-corrected chi connectivity index (χ3v) is 6.70. The highest BCUT2D eigenvalue weighted by atomic mass is 32.1. The molecule has 6 rings (SSSR count). The normalized spacial score (nSPS) is 14.1. The van der Waals surface area contributed by atoms with Gasteiger partial charge in [-0.2, -0.15) is 5.10 Å². The van der Waals surface area contributed by atoms with Gasteiger partial charge in [-0.3, -0.25) is 9.89 Å². The zero-order valence-electron chi connectivity index (χ0n) is 17.6. The largest absolute Gasteiger partial charge is 0.378 e. The lowest BCUT2D eigenvalue weighted by Gasteiger charge is -2.28. The van der Waals surface area contributed by atoms with Gasteiger partial charge in [-0.15, -0.1) is 11.3 Å². The highest BCUT2D eigenvalue weighted by Crippen LogP contribution is 2.38. The van der Waals surface area contributed by atoms with Crippen molar-refractivity contribution in [1.82, 2.24) is 20.2 Å². The molecule has 3 aromatic heterocycles. The fourth-order valence-electron chi connectivity index (χ4n) is 4.02. The molecule has 9 heteroatoms. The number of carbonyl (C=O) groups excluding carboxylic acids is 1. The van der Waals surface area contributed by atoms with Gasteiger partial charge in [0, 0.05) is 29.6 Å². The summed E-state index contributed by atoms with van der Waals surface area (Å²) in [5.41, 5.74) is 3.26. The molecule has 0 bridgehead atoms. The minimum atomic E-state index is -0.147. The molecule has 1 fully saturated rings. The first kappa shape index (κ1) is 19.8. The van der Waals surface area contributed by atoms with Crippen molar-refractivity contribution in [1.29, 1.82) is 0 Å². The number of ether oxygens (including phenoxy) is 1. The molecule has 0 radical (unpaired) electrons. The van der Waals surface area contributed by atoms with E-state index in [2.05, 4.69) is 20.4 Å². The van der Waals surface area contributed by atoms with Crippen LogP contribution in [0, 0.1) is 0 Å². The van der Waals surface area contributed by atoms with Crippen molar-refractivity contribution in [2.45, 2.75) is 0 Å². The molecule has 0 spiro atoms. The van der Waals surface area contributed by atoms with Crippen molar-refractivity contribution < 1.29 is 9.53 Å². The summed E-state index contributed by atoms with van der Waals surface area (Å²) in [5, 5.41) is 11.9. The summed E-state index contributed by atoms with van der Waals surface area (Å²) in [4.78, 5) is 24.8. The number of aromatic nitrogens is 4. The SMILES string of the molecule is O=C(Nc1cc2nc(-c3cccc4[nH]ncc34)nc(N3CCOCC3)c2s1)c1ccccc1. The van der Waals surface area contributed by atoms with Crippen LogP contribution in [-0.4, -0.2) is 52.4 Å². The summed E-state index contributed by atoms with van der Waals surface area (Å²) in [6.45, 7) is 2.82. The summed E-state index contributed by atoms with van der Waals surface area (Å²) in [6.07, 6.45) is 1.80. The van der Waals surface area contributed by atoms with E-state index in [0.29, 0.717) is 24.6 Å². The average Bonchev–Trinajstić information content (AvgIpc) is 3.51.